The fourth-order valence-corrected chi connectivity index (χ4v) is 8.07. The maximum atomic E-state index is 12.0. The van der Waals surface area contributed by atoms with Crippen molar-refractivity contribution in [2.45, 2.75) is 99.5 Å². The number of benzene rings is 6. The van der Waals surface area contributed by atoms with Crippen LogP contribution in [0, 0.1) is 27.7 Å². The maximum Gasteiger partial charge on any atom is 4.00 e. The van der Waals surface area contributed by atoms with Gasteiger partial charge in [0.1, 0.15) is 11.5 Å². The van der Waals surface area contributed by atoms with Crippen LogP contribution in [-0.2, 0) is 45.2 Å². The molecule has 0 amide bonds. The largest absolute Gasteiger partial charge is 4.00 e. The number of aromatic hydroxyl groups is 2. The SMILES string of the molecule is CCc1cccc(C(C)C)c1-c1cc(C)cc(CCN(CCN(C)C)Cc2cc(C)cc(-c3c(C(C)C)cccc3C(C)C)c2O)c1O.[CH2-]c1ccccc1.[CH2-]c1ccccc1.[Hf+4]. The number of hydrogen-bond donors (Lipinski definition) is 2. The summed E-state index contributed by atoms with van der Waals surface area (Å²) in [4.78, 5) is 4.64. The summed E-state index contributed by atoms with van der Waals surface area (Å²) in [6, 6.07) is 41.5. The van der Waals surface area contributed by atoms with Crippen molar-refractivity contribution in [3.05, 3.63) is 191 Å². The predicted octanol–water partition coefficient (Wildman–Crippen LogP) is 14.3. The van der Waals surface area contributed by atoms with E-state index in [1.807, 2.05) is 60.7 Å². The molecule has 0 unspecified atom stereocenters. The number of aryl methyl sites for hydroxylation is 3. The first kappa shape index (κ1) is 52.8. The third-order valence-corrected chi connectivity index (χ3v) is 11.4. The van der Waals surface area contributed by atoms with Crippen LogP contribution in [0.3, 0.4) is 0 Å². The molecule has 63 heavy (non-hydrogen) atoms. The Kier molecular flexibility index (Phi) is 21.5. The van der Waals surface area contributed by atoms with Crippen molar-refractivity contribution in [1.82, 2.24) is 9.80 Å². The summed E-state index contributed by atoms with van der Waals surface area (Å²) in [5, 5.41) is 23.8. The van der Waals surface area contributed by atoms with Gasteiger partial charge in [-0.1, -0.05) is 109 Å². The van der Waals surface area contributed by atoms with Crippen LogP contribution in [-0.4, -0.2) is 53.7 Å². The molecule has 5 heteroatoms. The molecule has 0 saturated carbocycles. The van der Waals surface area contributed by atoms with E-state index in [9.17, 15) is 10.2 Å². The molecule has 6 aromatic carbocycles. The Morgan fingerprint density at radius 1 is 0.508 bits per heavy atom. The second-order valence-corrected chi connectivity index (χ2v) is 18.0. The van der Waals surface area contributed by atoms with Crippen LogP contribution < -0.4 is 0 Å². The second kappa shape index (κ2) is 25.7. The van der Waals surface area contributed by atoms with Gasteiger partial charge < -0.3 is 15.1 Å². The van der Waals surface area contributed by atoms with Gasteiger partial charge in [-0.05, 0) is 121 Å². The summed E-state index contributed by atoms with van der Waals surface area (Å²) in [6.45, 7) is 30.4. The van der Waals surface area contributed by atoms with E-state index in [0.29, 0.717) is 42.2 Å². The number of phenolic OH excluding ortho intramolecular Hbond substituents is 2. The molecule has 0 aliphatic carbocycles. The second-order valence-electron chi connectivity index (χ2n) is 18.0. The summed E-state index contributed by atoms with van der Waals surface area (Å²) in [5.74, 6) is 1.80. The fraction of sp³-hybridized carbons (Fsp3) is 0.345. The van der Waals surface area contributed by atoms with Crippen molar-refractivity contribution in [2.24, 2.45) is 0 Å². The van der Waals surface area contributed by atoms with Gasteiger partial charge >= 0.3 is 25.8 Å². The van der Waals surface area contributed by atoms with Gasteiger partial charge in [0.25, 0.3) is 0 Å². The van der Waals surface area contributed by atoms with Crippen LogP contribution in [0.1, 0.15) is 122 Å². The molecule has 0 saturated heterocycles. The standard InChI is InChI=1S/C44H60N2O2.2C7H7.Hf/c1-12-33-15-13-16-36(28(2)3)41(33)39-25-31(8)23-34(43(39)47)19-20-46(22-21-45(10)11)27-35-24-32(9)26-40(44(35)48)42-37(29(4)5)17-14-18-38(42)30(6)7;2*1-7-5-3-2-4-6-7;/h13-18,23-26,28-30,47-48H,12,19-22,27H2,1-11H3;2*2-6H,1H2;/q;2*-1;+4. The molecule has 0 aromatic heterocycles. The molecule has 0 heterocycles. The Hall–Kier alpha value is -4.55. The maximum absolute atomic E-state index is 12.0. The third-order valence-electron chi connectivity index (χ3n) is 11.4. The van der Waals surface area contributed by atoms with Crippen LogP contribution in [0.25, 0.3) is 22.3 Å². The average molecular weight is 1010 g/mol. The number of hydrogen-bond acceptors (Lipinski definition) is 4. The van der Waals surface area contributed by atoms with Gasteiger partial charge in [0.05, 0.1) is 0 Å². The number of phenols is 2. The Labute approximate surface area is 401 Å². The zero-order valence-corrected chi connectivity index (χ0v) is 43.8. The van der Waals surface area contributed by atoms with Gasteiger partial charge in [0.15, 0.2) is 0 Å². The van der Waals surface area contributed by atoms with Crippen LogP contribution >= 0.6 is 0 Å². The van der Waals surface area contributed by atoms with Crippen molar-refractivity contribution >= 4 is 0 Å². The molecule has 0 bridgehead atoms. The Morgan fingerprint density at radius 3 is 1.37 bits per heavy atom. The number of rotatable bonds is 14. The van der Waals surface area contributed by atoms with Crippen molar-refractivity contribution in [1.29, 1.82) is 0 Å². The van der Waals surface area contributed by atoms with Crippen LogP contribution in [0.2, 0.25) is 0 Å². The van der Waals surface area contributed by atoms with Gasteiger partial charge in [-0.15, -0.1) is 24.3 Å². The minimum atomic E-state index is 0. The molecule has 0 aliphatic heterocycles. The smallest absolute Gasteiger partial charge is 0.507 e. The molecule has 0 radical (unpaired) electrons. The first-order valence-corrected chi connectivity index (χ1v) is 22.5. The molecule has 6 rings (SSSR count). The van der Waals surface area contributed by atoms with E-state index >= 15 is 0 Å². The molecule has 4 nitrogen and oxygen atoms in total. The average Bonchev–Trinajstić information content (AvgIpc) is 3.24. The van der Waals surface area contributed by atoms with E-state index in [1.54, 1.807) is 0 Å². The number of likely N-dealkylation sites (N-methyl/N-ethyl adjacent to an activating group) is 1. The molecule has 0 atom stereocenters. The molecular formula is C58H74HfN2O2+2. The van der Waals surface area contributed by atoms with E-state index in [4.69, 9.17) is 0 Å². The summed E-state index contributed by atoms with van der Waals surface area (Å²) in [7, 11) is 4.21. The summed E-state index contributed by atoms with van der Waals surface area (Å²) in [5.41, 5.74) is 15.7. The first-order valence-electron chi connectivity index (χ1n) is 22.5. The van der Waals surface area contributed by atoms with Crippen LogP contribution in [0.15, 0.2) is 121 Å². The summed E-state index contributed by atoms with van der Waals surface area (Å²) in [6.07, 6.45) is 1.63. The van der Waals surface area contributed by atoms with Crippen LogP contribution in [0.5, 0.6) is 11.5 Å². The topological polar surface area (TPSA) is 46.9 Å². The van der Waals surface area contributed by atoms with E-state index in [-0.39, 0.29) is 25.8 Å². The van der Waals surface area contributed by atoms with Crippen molar-refractivity contribution in [3.63, 3.8) is 0 Å². The van der Waals surface area contributed by atoms with E-state index in [2.05, 4.69) is 161 Å². The molecule has 0 fully saturated rings. The predicted molar refractivity (Wildman–Crippen MR) is 268 cm³/mol. The van der Waals surface area contributed by atoms with Gasteiger partial charge in [-0.25, -0.2) is 0 Å². The summed E-state index contributed by atoms with van der Waals surface area (Å²) < 4.78 is 0. The van der Waals surface area contributed by atoms with Gasteiger partial charge in [-0.3, -0.25) is 4.90 Å². The molecule has 0 aliphatic rings. The van der Waals surface area contributed by atoms with Gasteiger partial charge in [0, 0.05) is 42.9 Å². The minimum absolute atomic E-state index is 0. The van der Waals surface area contributed by atoms with Crippen LogP contribution in [0.4, 0.5) is 0 Å². The fourth-order valence-electron chi connectivity index (χ4n) is 8.07. The van der Waals surface area contributed by atoms with Crippen molar-refractivity contribution in [3.8, 4) is 33.8 Å². The Morgan fingerprint density at radius 2 is 0.937 bits per heavy atom. The normalized spacial score (nSPS) is 11.0. The third kappa shape index (κ3) is 15.3. The Bertz CT molecular complexity index is 2230. The number of nitrogens with zero attached hydrogens (tertiary/aromatic N) is 2. The molecule has 6 aromatic rings. The zero-order chi connectivity index (χ0) is 45.5. The van der Waals surface area contributed by atoms with Gasteiger partial charge in [0.2, 0.25) is 0 Å². The van der Waals surface area contributed by atoms with E-state index in [0.717, 1.165) is 70.6 Å². The van der Waals surface area contributed by atoms with Crippen molar-refractivity contribution in [2.75, 3.05) is 33.7 Å². The minimum Gasteiger partial charge on any atom is -0.507 e. The van der Waals surface area contributed by atoms with E-state index < -0.39 is 0 Å². The zero-order valence-electron chi connectivity index (χ0n) is 40.2. The molecular weight excluding hydrogens is 935 g/mol. The molecule has 0 spiro atoms. The summed E-state index contributed by atoms with van der Waals surface area (Å²) >= 11 is 0. The molecule has 2 N–H and O–H groups in total. The molecule has 330 valence electrons. The quantitative estimate of drug-likeness (QED) is 0.0843. The van der Waals surface area contributed by atoms with Crippen molar-refractivity contribution < 1.29 is 36.1 Å². The monoisotopic (exact) mass is 1010 g/mol. The Balaban J connectivity index is 0.000000593. The first-order chi connectivity index (χ1) is 29.5. The van der Waals surface area contributed by atoms with E-state index in [1.165, 1.54) is 33.4 Å². The van der Waals surface area contributed by atoms with Gasteiger partial charge in [-0.2, -0.15) is 49.2 Å².